The van der Waals surface area contributed by atoms with Crippen LogP contribution in [0.4, 0.5) is 13.2 Å². The molecular formula is C24H30F3N5O5. The number of piperidine rings is 2. The van der Waals surface area contributed by atoms with E-state index in [1.54, 1.807) is 0 Å². The number of fused-ring (bicyclic) bond motifs is 1. The van der Waals surface area contributed by atoms with Crippen LogP contribution in [0.2, 0.25) is 0 Å². The Labute approximate surface area is 210 Å². The summed E-state index contributed by atoms with van der Waals surface area (Å²) < 4.78 is 33.6. The van der Waals surface area contributed by atoms with E-state index in [-0.39, 0.29) is 12.6 Å². The van der Waals surface area contributed by atoms with Gasteiger partial charge in [-0.25, -0.2) is 4.79 Å². The minimum absolute atomic E-state index is 0.0614. The third-order valence-corrected chi connectivity index (χ3v) is 6.41. The van der Waals surface area contributed by atoms with Gasteiger partial charge in [-0.2, -0.15) is 18.3 Å². The van der Waals surface area contributed by atoms with Crippen molar-refractivity contribution in [1.29, 1.82) is 0 Å². The molecule has 37 heavy (non-hydrogen) atoms. The number of aliphatic carboxylic acids is 2. The Balaban J connectivity index is 0.000000479. The number of allylic oxidation sites excluding steroid dienone is 1. The number of nitrogens with zero attached hydrogens (tertiary/aromatic N) is 3. The highest BCUT2D eigenvalue weighted by Crippen LogP contribution is 2.29. The molecule has 3 heterocycles. The summed E-state index contributed by atoms with van der Waals surface area (Å²) in [5.74, 6) is -3.51. The van der Waals surface area contributed by atoms with Crippen LogP contribution in [0.1, 0.15) is 47.8 Å². The zero-order chi connectivity index (χ0) is 27.2. The van der Waals surface area contributed by atoms with E-state index >= 15 is 0 Å². The number of nitrogens with two attached hydrogens (primary N) is 1. The Bertz CT molecular complexity index is 1150. The number of carbonyl (C=O) groups is 3. The Morgan fingerprint density at radius 3 is 2.27 bits per heavy atom. The molecule has 2 saturated heterocycles. The standard InChI is InChI=1S/C22H29N5O3.C2HF3O2/c23-22(30)21-18-13-16(2-1-15-5-9-24-10-6-15)3-4-19(18)27(25-21)17-7-11-26(12-8-17)14-20(28)29;3-2(4,5)1(6)7/h1-4,13,15,17,24H,5-12,14H2,(H2,23,30)(H,28,29);(H,6,7)/b2-1+;. The van der Waals surface area contributed by atoms with Gasteiger partial charge in [0.25, 0.3) is 5.91 Å². The number of hydrogen-bond acceptors (Lipinski definition) is 6. The zero-order valence-electron chi connectivity index (χ0n) is 20.1. The molecule has 0 atom stereocenters. The van der Waals surface area contributed by atoms with Crippen molar-refractivity contribution in [3.63, 3.8) is 0 Å². The van der Waals surface area contributed by atoms with Crippen LogP contribution < -0.4 is 11.1 Å². The van der Waals surface area contributed by atoms with Gasteiger partial charge in [0.1, 0.15) is 0 Å². The number of rotatable bonds is 6. The summed E-state index contributed by atoms with van der Waals surface area (Å²) in [6.07, 6.45) is 3.17. The summed E-state index contributed by atoms with van der Waals surface area (Å²) in [7, 11) is 0. The van der Waals surface area contributed by atoms with Gasteiger partial charge < -0.3 is 21.3 Å². The molecule has 0 unspecified atom stereocenters. The molecule has 2 aromatic rings. The van der Waals surface area contributed by atoms with Crippen LogP contribution in [-0.2, 0) is 9.59 Å². The van der Waals surface area contributed by atoms with Crippen LogP contribution in [0.5, 0.6) is 0 Å². The Morgan fingerprint density at radius 1 is 1.11 bits per heavy atom. The Hall–Kier alpha value is -3.45. The highest BCUT2D eigenvalue weighted by atomic mass is 19.4. The van der Waals surface area contributed by atoms with Crippen molar-refractivity contribution in [2.24, 2.45) is 11.7 Å². The average molecular weight is 526 g/mol. The molecule has 5 N–H and O–H groups in total. The highest BCUT2D eigenvalue weighted by Gasteiger charge is 2.38. The molecule has 1 amide bonds. The molecule has 2 fully saturated rings. The van der Waals surface area contributed by atoms with Gasteiger partial charge in [-0.15, -0.1) is 0 Å². The second-order valence-electron chi connectivity index (χ2n) is 9.08. The molecule has 4 rings (SSSR count). The number of aromatic nitrogens is 2. The molecule has 202 valence electrons. The maximum absolute atomic E-state index is 12.0. The normalized spacial score (nSPS) is 18.0. The molecule has 0 radical (unpaired) electrons. The largest absolute Gasteiger partial charge is 0.490 e. The molecule has 0 aliphatic carbocycles. The van der Waals surface area contributed by atoms with E-state index in [0.717, 1.165) is 55.2 Å². The van der Waals surface area contributed by atoms with Crippen molar-refractivity contribution in [2.75, 3.05) is 32.7 Å². The van der Waals surface area contributed by atoms with Crippen molar-refractivity contribution < 1.29 is 37.8 Å². The van der Waals surface area contributed by atoms with Gasteiger partial charge >= 0.3 is 18.1 Å². The van der Waals surface area contributed by atoms with Crippen molar-refractivity contribution >= 4 is 34.8 Å². The minimum Gasteiger partial charge on any atom is -0.480 e. The molecule has 0 saturated carbocycles. The van der Waals surface area contributed by atoms with E-state index < -0.39 is 24.0 Å². The lowest BCUT2D eigenvalue weighted by atomic mass is 9.96. The van der Waals surface area contributed by atoms with Gasteiger partial charge in [0, 0.05) is 18.5 Å². The summed E-state index contributed by atoms with van der Waals surface area (Å²) in [5.41, 5.74) is 7.87. The number of benzene rings is 1. The Morgan fingerprint density at radius 2 is 1.73 bits per heavy atom. The summed E-state index contributed by atoms with van der Waals surface area (Å²) in [6.45, 7) is 3.56. The summed E-state index contributed by atoms with van der Waals surface area (Å²) in [4.78, 5) is 33.8. The number of alkyl halides is 3. The van der Waals surface area contributed by atoms with Crippen LogP contribution in [-0.4, -0.2) is 81.6 Å². The predicted octanol–water partition coefficient (Wildman–Crippen LogP) is 2.50. The first-order chi connectivity index (χ1) is 17.5. The van der Waals surface area contributed by atoms with Gasteiger partial charge in [0.05, 0.1) is 18.1 Å². The lowest BCUT2D eigenvalue weighted by Gasteiger charge is -2.31. The number of carbonyl (C=O) groups excluding carboxylic acids is 1. The lowest BCUT2D eigenvalue weighted by molar-refractivity contribution is -0.192. The summed E-state index contributed by atoms with van der Waals surface area (Å²) >= 11 is 0. The van der Waals surface area contributed by atoms with E-state index in [1.165, 1.54) is 0 Å². The third kappa shape index (κ3) is 7.76. The minimum atomic E-state index is -5.08. The Kier molecular flexibility index (Phi) is 9.27. The number of amides is 1. The zero-order valence-corrected chi connectivity index (χ0v) is 20.1. The molecular weight excluding hydrogens is 495 g/mol. The molecule has 1 aromatic carbocycles. The van der Waals surface area contributed by atoms with Gasteiger partial charge in [0.15, 0.2) is 5.69 Å². The number of hydrogen-bond donors (Lipinski definition) is 4. The van der Waals surface area contributed by atoms with Crippen LogP contribution in [0, 0.1) is 5.92 Å². The van der Waals surface area contributed by atoms with E-state index in [2.05, 4.69) is 28.6 Å². The van der Waals surface area contributed by atoms with Crippen molar-refractivity contribution in [1.82, 2.24) is 20.0 Å². The lowest BCUT2D eigenvalue weighted by Crippen LogP contribution is -2.38. The highest BCUT2D eigenvalue weighted by molar-refractivity contribution is 6.04. The van der Waals surface area contributed by atoms with E-state index in [4.69, 9.17) is 20.7 Å². The maximum Gasteiger partial charge on any atom is 0.490 e. The quantitative estimate of drug-likeness (QED) is 0.449. The van der Waals surface area contributed by atoms with Crippen LogP contribution >= 0.6 is 0 Å². The van der Waals surface area contributed by atoms with Crippen molar-refractivity contribution in [3.05, 3.63) is 35.5 Å². The number of carboxylic acid groups (broad SMARTS) is 2. The fourth-order valence-electron chi connectivity index (χ4n) is 4.52. The van der Waals surface area contributed by atoms with E-state index in [0.29, 0.717) is 24.7 Å². The average Bonchev–Trinajstić information content (AvgIpc) is 3.22. The summed E-state index contributed by atoms with van der Waals surface area (Å²) in [6, 6.07) is 6.20. The van der Waals surface area contributed by atoms with Crippen LogP contribution in [0.15, 0.2) is 24.3 Å². The molecule has 10 nitrogen and oxygen atoms in total. The smallest absolute Gasteiger partial charge is 0.480 e. The first kappa shape index (κ1) is 28.1. The number of primary amides is 1. The molecule has 0 spiro atoms. The molecule has 2 aliphatic heterocycles. The third-order valence-electron chi connectivity index (χ3n) is 6.41. The number of halogens is 3. The fourth-order valence-corrected chi connectivity index (χ4v) is 4.52. The van der Waals surface area contributed by atoms with Gasteiger partial charge in [-0.05, 0) is 62.4 Å². The molecule has 13 heteroatoms. The predicted molar refractivity (Wildman–Crippen MR) is 129 cm³/mol. The monoisotopic (exact) mass is 525 g/mol. The molecule has 0 bridgehead atoms. The second-order valence-corrected chi connectivity index (χ2v) is 9.08. The van der Waals surface area contributed by atoms with Gasteiger partial charge in [-0.3, -0.25) is 19.2 Å². The first-order valence-electron chi connectivity index (χ1n) is 11.9. The number of likely N-dealkylation sites (tertiary alicyclic amines) is 1. The van der Waals surface area contributed by atoms with Gasteiger partial charge in [-0.1, -0.05) is 18.2 Å². The fraction of sp³-hybridized carbons (Fsp3) is 0.500. The van der Waals surface area contributed by atoms with Crippen molar-refractivity contribution in [2.45, 2.75) is 37.9 Å². The number of nitrogens with one attached hydrogen (secondary N) is 1. The van der Waals surface area contributed by atoms with E-state index in [9.17, 15) is 22.8 Å². The maximum atomic E-state index is 12.0. The number of carboxylic acids is 2. The van der Waals surface area contributed by atoms with Crippen LogP contribution in [0.3, 0.4) is 0 Å². The first-order valence-corrected chi connectivity index (χ1v) is 11.9. The van der Waals surface area contributed by atoms with Crippen LogP contribution in [0.25, 0.3) is 17.0 Å². The molecule has 1 aromatic heterocycles. The topological polar surface area (TPSA) is 151 Å². The SMILES string of the molecule is NC(=O)c1nn(C2CCN(CC(=O)O)CC2)c2ccc(/C=C/C3CCNCC3)cc12.O=C(O)C(F)(F)F. The molecule has 2 aliphatic rings. The second kappa shape index (κ2) is 12.2. The van der Waals surface area contributed by atoms with Gasteiger partial charge in [0.2, 0.25) is 0 Å². The van der Waals surface area contributed by atoms with Crippen molar-refractivity contribution in [3.8, 4) is 0 Å². The van der Waals surface area contributed by atoms with E-state index in [1.807, 2.05) is 21.7 Å². The summed E-state index contributed by atoms with van der Waals surface area (Å²) in [5, 5.41) is 24.8.